The van der Waals surface area contributed by atoms with E-state index in [1.54, 1.807) is 6.92 Å². The number of carbonyl (C=O) groups excluding carboxylic acids is 1. The Labute approximate surface area is 124 Å². The number of benzene rings is 1. The van der Waals surface area contributed by atoms with E-state index in [0.29, 0.717) is 10.9 Å². The molecule has 2 aromatic rings. The summed E-state index contributed by atoms with van der Waals surface area (Å²) in [5, 5.41) is 20.0. The highest BCUT2D eigenvalue weighted by Crippen LogP contribution is 2.28. The van der Waals surface area contributed by atoms with Gasteiger partial charge < -0.3 is 14.8 Å². The Morgan fingerprint density at radius 1 is 1.45 bits per heavy atom. The number of nitrogens with one attached hydrogen (secondary N) is 1. The van der Waals surface area contributed by atoms with E-state index in [0.717, 1.165) is 6.08 Å². The van der Waals surface area contributed by atoms with Crippen molar-refractivity contribution in [3.63, 3.8) is 0 Å². The minimum absolute atomic E-state index is 0.0508. The first-order valence-corrected chi connectivity index (χ1v) is 6.32. The normalized spacial score (nSPS) is 11.0. The van der Waals surface area contributed by atoms with Gasteiger partial charge in [0, 0.05) is 34.7 Å². The first kappa shape index (κ1) is 15.2. The first-order valence-electron chi connectivity index (χ1n) is 6.32. The van der Waals surface area contributed by atoms with E-state index in [4.69, 9.17) is 9.84 Å². The standard InChI is InChI=1S/C14H12N2O6/c1-2-22-14(19)13-9(4-6-12(17)18)10-7-8(16(20)21)3-5-11(10)15-13/h3-7,15H,2H2,1H3,(H,17,18). The lowest BCUT2D eigenvalue weighted by molar-refractivity contribution is -0.384. The molecule has 8 nitrogen and oxygen atoms in total. The van der Waals surface area contributed by atoms with Crippen LogP contribution in [0.3, 0.4) is 0 Å². The number of nitrogens with zero attached hydrogens (tertiary/aromatic N) is 1. The monoisotopic (exact) mass is 304 g/mol. The van der Waals surface area contributed by atoms with Gasteiger partial charge in [-0.3, -0.25) is 10.1 Å². The lowest BCUT2D eigenvalue weighted by atomic mass is 10.1. The molecule has 0 aliphatic carbocycles. The van der Waals surface area contributed by atoms with Gasteiger partial charge in [0.25, 0.3) is 5.69 Å². The van der Waals surface area contributed by atoms with Crippen molar-refractivity contribution < 1.29 is 24.4 Å². The maximum atomic E-state index is 11.9. The molecule has 1 aromatic carbocycles. The van der Waals surface area contributed by atoms with E-state index < -0.39 is 16.9 Å². The molecule has 114 valence electrons. The van der Waals surface area contributed by atoms with Gasteiger partial charge in [0.2, 0.25) is 0 Å². The number of aromatic amines is 1. The lowest BCUT2D eigenvalue weighted by Gasteiger charge is -2.00. The molecule has 2 N–H and O–H groups in total. The highest BCUT2D eigenvalue weighted by atomic mass is 16.6. The molecule has 0 radical (unpaired) electrons. The van der Waals surface area contributed by atoms with Crippen molar-refractivity contribution in [2.75, 3.05) is 6.61 Å². The van der Waals surface area contributed by atoms with E-state index in [1.165, 1.54) is 24.3 Å². The van der Waals surface area contributed by atoms with Crippen LogP contribution in [0.5, 0.6) is 0 Å². The summed E-state index contributed by atoms with van der Waals surface area (Å²) in [6.45, 7) is 1.79. The van der Waals surface area contributed by atoms with Crippen molar-refractivity contribution in [2.45, 2.75) is 6.92 Å². The van der Waals surface area contributed by atoms with Gasteiger partial charge in [0.1, 0.15) is 5.69 Å². The number of nitro groups is 1. The van der Waals surface area contributed by atoms with Crippen LogP contribution in [0.25, 0.3) is 17.0 Å². The Kier molecular flexibility index (Phi) is 4.21. The second-order valence-corrected chi connectivity index (χ2v) is 4.29. The molecular formula is C14H12N2O6. The molecule has 0 amide bonds. The number of esters is 1. The maximum absolute atomic E-state index is 11.9. The summed E-state index contributed by atoms with van der Waals surface area (Å²) >= 11 is 0. The summed E-state index contributed by atoms with van der Waals surface area (Å²) in [4.78, 5) is 35.7. The Morgan fingerprint density at radius 3 is 2.77 bits per heavy atom. The highest BCUT2D eigenvalue weighted by Gasteiger charge is 2.19. The van der Waals surface area contributed by atoms with Crippen LogP contribution in [0.4, 0.5) is 5.69 Å². The Bertz CT molecular complexity index is 790. The molecule has 22 heavy (non-hydrogen) atoms. The molecule has 8 heteroatoms. The fourth-order valence-corrected chi connectivity index (χ4v) is 2.01. The molecule has 1 heterocycles. The average molecular weight is 304 g/mol. The number of H-pyrrole nitrogens is 1. The quantitative estimate of drug-likeness (QED) is 0.378. The van der Waals surface area contributed by atoms with Crippen LogP contribution in [-0.4, -0.2) is 33.6 Å². The molecule has 0 spiro atoms. The van der Waals surface area contributed by atoms with Crippen molar-refractivity contribution in [2.24, 2.45) is 0 Å². The van der Waals surface area contributed by atoms with Crippen molar-refractivity contribution in [3.05, 3.63) is 45.6 Å². The summed E-state index contributed by atoms with van der Waals surface area (Å²) in [6, 6.07) is 4.02. The molecule has 0 fully saturated rings. The summed E-state index contributed by atoms with van der Waals surface area (Å²) < 4.78 is 4.90. The Balaban J connectivity index is 2.67. The molecule has 2 rings (SSSR count). The van der Waals surface area contributed by atoms with Crippen LogP contribution < -0.4 is 0 Å². The third-order valence-electron chi connectivity index (χ3n) is 2.91. The number of fused-ring (bicyclic) bond motifs is 1. The molecule has 0 aliphatic rings. The van der Waals surface area contributed by atoms with Crippen LogP contribution in [0.2, 0.25) is 0 Å². The number of hydrogen-bond acceptors (Lipinski definition) is 5. The van der Waals surface area contributed by atoms with Crippen LogP contribution >= 0.6 is 0 Å². The molecule has 0 saturated carbocycles. The number of hydrogen-bond donors (Lipinski definition) is 2. The highest BCUT2D eigenvalue weighted by molar-refractivity contribution is 6.04. The zero-order valence-electron chi connectivity index (χ0n) is 11.5. The predicted octanol–water partition coefficient (Wildman–Crippen LogP) is 2.35. The number of aromatic nitrogens is 1. The van der Waals surface area contributed by atoms with Crippen LogP contribution in [0, 0.1) is 10.1 Å². The van der Waals surface area contributed by atoms with Crippen LogP contribution in [-0.2, 0) is 9.53 Å². The van der Waals surface area contributed by atoms with Crippen molar-refractivity contribution in [3.8, 4) is 0 Å². The van der Waals surface area contributed by atoms with Gasteiger partial charge in [-0.1, -0.05) is 0 Å². The predicted molar refractivity (Wildman–Crippen MR) is 77.6 cm³/mol. The van der Waals surface area contributed by atoms with Crippen molar-refractivity contribution in [1.29, 1.82) is 0 Å². The molecule has 0 saturated heterocycles. The summed E-state index contributed by atoms with van der Waals surface area (Å²) in [6.07, 6.45) is 2.06. The van der Waals surface area contributed by atoms with Crippen LogP contribution in [0.1, 0.15) is 23.0 Å². The van der Waals surface area contributed by atoms with Crippen molar-refractivity contribution in [1.82, 2.24) is 4.98 Å². The number of carboxylic acids is 1. The number of non-ortho nitro benzene ring substituents is 1. The van der Waals surface area contributed by atoms with Gasteiger partial charge in [0.15, 0.2) is 0 Å². The number of ether oxygens (including phenoxy) is 1. The summed E-state index contributed by atoms with van der Waals surface area (Å²) in [5.74, 6) is -1.86. The number of carboxylic acid groups (broad SMARTS) is 1. The second kappa shape index (κ2) is 6.08. The molecule has 0 atom stereocenters. The number of rotatable bonds is 5. The van der Waals surface area contributed by atoms with Gasteiger partial charge in [-0.05, 0) is 19.1 Å². The second-order valence-electron chi connectivity index (χ2n) is 4.29. The Hall–Kier alpha value is -3.16. The zero-order valence-corrected chi connectivity index (χ0v) is 11.5. The average Bonchev–Trinajstić information content (AvgIpc) is 2.83. The largest absolute Gasteiger partial charge is 0.478 e. The zero-order chi connectivity index (χ0) is 16.3. The molecule has 0 bridgehead atoms. The van der Waals surface area contributed by atoms with Gasteiger partial charge in [-0.2, -0.15) is 0 Å². The maximum Gasteiger partial charge on any atom is 0.355 e. The van der Waals surface area contributed by atoms with Gasteiger partial charge >= 0.3 is 11.9 Å². The number of nitro benzene ring substituents is 1. The van der Waals surface area contributed by atoms with Gasteiger partial charge in [-0.15, -0.1) is 0 Å². The fourth-order valence-electron chi connectivity index (χ4n) is 2.01. The molecule has 1 aromatic heterocycles. The summed E-state index contributed by atoms with van der Waals surface area (Å²) in [5.41, 5.74) is 0.597. The van der Waals surface area contributed by atoms with E-state index in [-0.39, 0.29) is 23.6 Å². The fraction of sp³-hybridized carbons (Fsp3) is 0.143. The van der Waals surface area contributed by atoms with Crippen LogP contribution in [0.15, 0.2) is 24.3 Å². The minimum atomic E-state index is -1.20. The van der Waals surface area contributed by atoms with Gasteiger partial charge in [0.05, 0.1) is 11.5 Å². The minimum Gasteiger partial charge on any atom is -0.478 e. The van der Waals surface area contributed by atoms with E-state index in [9.17, 15) is 19.7 Å². The molecular weight excluding hydrogens is 292 g/mol. The SMILES string of the molecule is CCOC(=O)c1[nH]c2ccc([N+](=O)[O-])cc2c1C=CC(=O)O. The number of aliphatic carboxylic acids is 1. The van der Waals surface area contributed by atoms with E-state index in [2.05, 4.69) is 4.98 Å². The van der Waals surface area contributed by atoms with Gasteiger partial charge in [-0.25, -0.2) is 9.59 Å². The summed E-state index contributed by atoms with van der Waals surface area (Å²) in [7, 11) is 0. The molecule has 0 aliphatic heterocycles. The number of carbonyl (C=O) groups is 2. The topological polar surface area (TPSA) is 123 Å². The third-order valence-corrected chi connectivity index (χ3v) is 2.91. The smallest absolute Gasteiger partial charge is 0.355 e. The first-order chi connectivity index (χ1) is 10.4. The third kappa shape index (κ3) is 2.95. The lowest BCUT2D eigenvalue weighted by Crippen LogP contribution is -2.06. The Morgan fingerprint density at radius 2 is 2.18 bits per heavy atom. The van der Waals surface area contributed by atoms with E-state index >= 15 is 0 Å². The van der Waals surface area contributed by atoms with E-state index in [1.807, 2.05) is 0 Å². The molecule has 0 unspecified atom stereocenters. The van der Waals surface area contributed by atoms with Crippen molar-refractivity contribution >= 4 is 34.6 Å².